The summed E-state index contributed by atoms with van der Waals surface area (Å²) in [7, 11) is 1.88. The Kier molecular flexibility index (Phi) is 8.83. The van der Waals surface area contributed by atoms with Gasteiger partial charge >= 0.3 is 0 Å². The number of aliphatic imine (C=N–C) groups is 1. The Morgan fingerprint density at radius 1 is 1.16 bits per heavy atom. The Labute approximate surface area is 206 Å². The number of nitrogens with zero attached hydrogens (tertiary/aromatic N) is 6. The molecule has 8 nitrogen and oxygen atoms in total. The third-order valence-corrected chi connectivity index (χ3v) is 5.41. The highest BCUT2D eigenvalue weighted by atomic mass is 127. The Bertz CT molecular complexity index is 1050. The van der Waals surface area contributed by atoms with E-state index in [0.29, 0.717) is 13.1 Å². The number of aryl methyl sites for hydroxylation is 1. The maximum absolute atomic E-state index is 4.83. The van der Waals surface area contributed by atoms with E-state index in [1.165, 1.54) is 11.1 Å². The number of nitrogens with one attached hydrogen (secondary N) is 2. The molecule has 9 heteroatoms. The fourth-order valence-electron chi connectivity index (χ4n) is 3.80. The Morgan fingerprint density at radius 3 is 2.69 bits per heavy atom. The standard InChI is InChI=1S/C23H30N8.HI/c1-3-24-23(31-13-9-19(10-14-31)15-18-7-5-4-6-8-18)26-12-11-25-21-20-16-29-30(2)22(20)28-17-27-21;/h4-8,15-17H,3,9-14H2,1-2H3,(H,24,26)(H,25,27,28);1H. The predicted molar refractivity (Wildman–Crippen MR) is 141 cm³/mol. The number of likely N-dealkylation sites (tertiary alicyclic amines) is 1. The minimum atomic E-state index is 0. The minimum Gasteiger partial charge on any atom is -0.367 e. The fraction of sp³-hybridized carbons (Fsp3) is 0.391. The number of anilines is 1. The zero-order valence-corrected chi connectivity index (χ0v) is 21.0. The average molecular weight is 546 g/mol. The van der Waals surface area contributed by atoms with Crippen LogP contribution in [-0.4, -0.2) is 63.3 Å². The van der Waals surface area contributed by atoms with Crippen molar-refractivity contribution >= 4 is 52.9 Å². The molecule has 0 saturated carbocycles. The number of hydrogen-bond donors (Lipinski definition) is 2. The normalized spacial score (nSPS) is 14.2. The van der Waals surface area contributed by atoms with Crippen molar-refractivity contribution in [2.45, 2.75) is 19.8 Å². The van der Waals surface area contributed by atoms with Gasteiger partial charge in [-0.1, -0.05) is 42.0 Å². The van der Waals surface area contributed by atoms with E-state index in [2.05, 4.69) is 73.9 Å². The molecular weight excluding hydrogens is 515 g/mol. The zero-order chi connectivity index (χ0) is 21.5. The second-order valence-electron chi connectivity index (χ2n) is 7.59. The quantitative estimate of drug-likeness (QED) is 0.213. The van der Waals surface area contributed by atoms with Gasteiger partial charge in [-0.05, 0) is 25.3 Å². The van der Waals surface area contributed by atoms with Crippen molar-refractivity contribution in [1.82, 2.24) is 30.0 Å². The van der Waals surface area contributed by atoms with Gasteiger partial charge in [0.2, 0.25) is 0 Å². The summed E-state index contributed by atoms with van der Waals surface area (Å²) in [5.41, 5.74) is 3.61. The number of piperidine rings is 1. The van der Waals surface area contributed by atoms with Gasteiger partial charge in [0.1, 0.15) is 12.1 Å². The summed E-state index contributed by atoms with van der Waals surface area (Å²) in [6.45, 7) is 6.30. The van der Waals surface area contributed by atoms with Crippen molar-refractivity contribution in [2.75, 3.05) is 38.0 Å². The lowest BCUT2D eigenvalue weighted by Gasteiger charge is -2.31. The molecule has 4 rings (SSSR count). The lowest BCUT2D eigenvalue weighted by molar-refractivity contribution is 0.376. The molecule has 1 fully saturated rings. The van der Waals surface area contributed by atoms with E-state index in [0.717, 1.165) is 55.3 Å². The molecular formula is C23H31IN8. The summed E-state index contributed by atoms with van der Waals surface area (Å²) >= 11 is 0. The molecule has 2 aromatic heterocycles. The Hall–Kier alpha value is -2.69. The molecule has 0 bridgehead atoms. The smallest absolute Gasteiger partial charge is 0.193 e. The van der Waals surface area contributed by atoms with Crippen molar-refractivity contribution in [3.63, 3.8) is 0 Å². The number of benzene rings is 1. The van der Waals surface area contributed by atoms with E-state index in [1.54, 1.807) is 17.2 Å². The van der Waals surface area contributed by atoms with E-state index in [4.69, 9.17) is 4.99 Å². The SMILES string of the molecule is CCNC(=NCCNc1ncnc2c1cnn2C)N1CCC(=Cc2ccccc2)CC1.I. The molecule has 1 saturated heterocycles. The molecule has 170 valence electrons. The lowest BCUT2D eigenvalue weighted by atomic mass is 10.0. The lowest BCUT2D eigenvalue weighted by Crippen LogP contribution is -2.44. The van der Waals surface area contributed by atoms with Gasteiger partial charge in [0.15, 0.2) is 11.6 Å². The van der Waals surface area contributed by atoms with Crippen LogP contribution in [0.5, 0.6) is 0 Å². The van der Waals surface area contributed by atoms with E-state index in [9.17, 15) is 0 Å². The first kappa shape index (κ1) is 24.0. The number of halogens is 1. The van der Waals surface area contributed by atoms with Gasteiger partial charge in [-0.25, -0.2) is 9.97 Å². The van der Waals surface area contributed by atoms with E-state index in [1.807, 2.05) is 7.05 Å². The Morgan fingerprint density at radius 2 is 1.94 bits per heavy atom. The van der Waals surface area contributed by atoms with Crippen molar-refractivity contribution in [3.05, 3.63) is 54.0 Å². The van der Waals surface area contributed by atoms with Crippen LogP contribution < -0.4 is 10.6 Å². The molecule has 0 radical (unpaired) electrons. The molecule has 1 aliphatic rings. The molecule has 2 N–H and O–H groups in total. The number of rotatable bonds is 6. The highest BCUT2D eigenvalue weighted by Crippen LogP contribution is 2.20. The van der Waals surface area contributed by atoms with Gasteiger partial charge in [0, 0.05) is 33.2 Å². The third-order valence-electron chi connectivity index (χ3n) is 5.41. The first-order chi connectivity index (χ1) is 15.2. The maximum Gasteiger partial charge on any atom is 0.193 e. The second kappa shape index (κ2) is 11.8. The monoisotopic (exact) mass is 546 g/mol. The van der Waals surface area contributed by atoms with Crippen molar-refractivity contribution in [3.8, 4) is 0 Å². The molecule has 3 aromatic rings. The van der Waals surface area contributed by atoms with Crippen molar-refractivity contribution in [2.24, 2.45) is 12.0 Å². The molecule has 0 amide bonds. The molecule has 0 atom stereocenters. The first-order valence-electron chi connectivity index (χ1n) is 10.9. The molecule has 0 unspecified atom stereocenters. The maximum atomic E-state index is 4.83. The average Bonchev–Trinajstić information content (AvgIpc) is 3.19. The van der Waals surface area contributed by atoms with Crippen LogP contribution in [0.3, 0.4) is 0 Å². The highest BCUT2D eigenvalue weighted by molar-refractivity contribution is 14.0. The Balaban J connectivity index is 0.00000289. The first-order valence-corrected chi connectivity index (χ1v) is 10.9. The minimum absolute atomic E-state index is 0. The summed E-state index contributed by atoms with van der Waals surface area (Å²) in [5, 5.41) is 12.0. The van der Waals surface area contributed by atoms with E-state index < -0.39 is 0 Å². The zero-order valence-electron chi connectivity index (χ0n) is 18.7. The van der Waals surface area contributed by atoms with Gasteiger partial charge in [-0.2, -0.15) is 5.10 Å². The molecule has 0 spiro atoms. The van der Waals surface area contributed by atoms with Crippen LogP contribution in [0.2, 0.25) is 0 Å². The molecule has 3 heterocycles. The van der Waals surface area contributed by atoms with Gasteiger partial charge < -0.3 is 15.5 Å². The van der Waals surface area contributed by atoms with Crippen LogP contribution in [0.25, 0.3) is 17.1 Å². The number of aromatic nitrogens is 4. The van der Waals surface area contributed by atoms with Crippen LogP contribution in [0.1, 0.15) is 25.3 Å². The summed E-state index contributed by atoms with van der Waals surface area (Å²) in [6.07, 6.45) is 7.81. The number of fused-ring (bicyclic) bond motifs is 1. The molecule has 1 aliphatic heterocycles. The molecule has 32 heavy (non-hydrogen) atoms. The van der Waals surface area contributed by atoms with Gasteiger partial charge in [0.25, 0.3) is 0 Å². The van der Waals surface area contributed by atoms with Crippen LogP contribution in [-0.2, 0) is 7.05 Å². The predicted octanol–water partition coefficient (Wildman–Crippen LogP) is 3.54. The summed E-state index contributed by atoms with van der Waals surface area (Å²) in [4.78, 5) is 15.8. The van der Waals surface area contributed by atoms with Gasteiger partial charge in [0.05, 0.1) is 18.1 Å². The topological polar surface area (TPSA) is 83.3 Å². The highest BCUT2D eigenvalue weighted by Gasteiger charge is 2.17. The van der Waals surface area contributed by atoms with Crippen LogP contribution >= 0.6 is 24.0 Å². The number of hydrogen-bond acceptors (Lipinski definition) is 5. The van der Waals surface area contributed by atoms with Crippen molar-refractivity contribution in [1.29, 1.82) is 0 Å². The van der Waals surface area contributed by atoms with Crippen LogP contribution in [0.15, 0.2) is 53.4 Å². The largest absolute Gasteiger partial charge is 0.367 e. The van der Waals surface area contributed by atoms with Crippen molar-refractivity contribution < 1.29 is 0 Å². The summed E-state index contributed by atoms with van der Waals surface area (Å²) < 4.78 is 1.75. The fourth-order valence-corrected chi connectivity index (χ4v) is 3.80. The molecule has 1 aromatic carbocycles. The van der Waals surface area contributed by atoms with Gasteiger partial charge in [-0.3, -0.25) is 9.67 Å². The molecule has 0 aliphatic carbocycles. The number of guanidine groups is 1. The van der Waals surface area contributed by atoms with E-state index in [-0.39, 0.29) is 24.0 Å². The van der Waals surface area contributed by atoms with Gasteiger partial charge in [-0.15, -0.1) is 24.0 Å². The summed E-state index contributed by atoms with van der Waals surface area (Å²) in [5.74, 6) is 1.78. The van der Waals surface area contributed by atoms with Crippen LogP contribution in [0, 0.1) is 0 Å². The summed E-state index contributed by atoms with van der Waals surface area (Å²) in [6, 6.07) is 10.6. The third kappa shape index (κ3) is 5.96. The second-order valence-corrected chi connectivity index (χ2v) is 7.59. The van der Waals surface area contributed by atoms with E-state index >= 15 is 0 Å². The van der Waals surface area contributed by atoms with Crippen LogP contribution in [0.4, 0.5) is 5.82 Å².